The molecule has 1 aromatic carbocycles. The van der Waals surface area contributed by atoms with Crippen molar-refractivity contribution in [1.82, 2.24) is 0 Å². The SMILES string of the molecule is Cc1ccc(C2OC2CO)cc1. The third-order valence-electron chi connectivity index (χ3n) is 2.17. The summed E-state index contributed by atoms with van der Waals surface area (Å²) in [5, 5.41) is 8.77. The minimum atomic E-state index is 0.0349. The maximum Gasteiger partial charge on any atom is 0.112 e. The van der Waals surface area contributed by atoms with E-state index >= 15 is 0 Å². The Balaban J connectivity index is 2.10. The molecular weight excluding hydrogens is 152 g/mol. The average molecular weight is 164 g/mol. The third kappa shape index (κ3) is 1.36. The lowest BCUT2D eigenvalue weighted by Crippen LogP contribution is -1.94. The minimum Gasteiger partial charge on any atom is -0.394 e. The lowest BCUT2D eigenvalue weighted by Gasteiger charge is -1.95. The smallest absolute Gasteiger partial charge is 0.112 e. The normalized spacial score (nSPS) is 27.2. The Morgan fingerprint density at radius 1 is 1.33 bits per heavy atom. The van der Waals surface area contributed by atoms with E-state index in [2.05, 4.69) is 31.2 Å². The molecule has 0 saturated carbocycles. The minimum absolute atomic E-state index is 0.0349. The lowest BCUT2D eigenvalue weighted by atomic mass is 10.1. The Hall–Kier alpha value is -0.860. The van der Waals surface area contributed by atoms with Gasteiger partial charge in [-0.15, -0.1) is 0 Å². The fraction of sp³-hybridized carbons (Fsp3) is 0.400. The molecule has 0 radical (unpaired) electrons. The molecule has 2 atom stereocenters. The Morgan fingerprint density at radius 2 is 2.00 bits per heavy atom. The Labute approximate surface area is 71.8 Å². The summed E-state index contributed by atoms with van der Waals surface area (Å²) < 4.78 is 5.24. The standard InChI is InChI=1S/C10H12O2/c1-7-2-4-8(5-3-7)10-9(6-11)12-10/h2-5,9-11H,6H2,1H3. The van der Waals surface area contributed by atoms with E-state index in [0.29, 0.717) is 0 Å². The molecule has 1 N–H and O–H groups in total. The van der Waals surface area contributed by atoms with Gasteiger partial charge in [-0.1, -0.05) is 29.8 Å². The molecule has 2 unspecified atom stereocenters. The molecule has 0 bridgehead atoms. The van der Waals surface area contributed by atoms with E-state index in [1.165, 1.54) is 11.1 Å². The summed E-state index contributed by atoms with van der Waals surface area (Å²) >= 11 is 0. The van der Waals surface area contributed by atoms with Crippen LogP contribution in [-0.4, -0.2) is 17.8 Å². The van der Waals surface area contributed by atoms with Crippen LogP contribution in [0.4, 0.5) is 0 Å². The molecule has 1 aromatic rings. The number of hydrogen-bond acceptors (Lipinski definition) is 2. The number of aliphatic hydroxyl groups is 1. The van der Waals surface area contributed by atoms with Crippen LogP contribution in [0.25, 0.3) is 0 Å². The Bertz CT molecular complexity index is 266. The highest BCUT2D eigenvalue weighted by Crippen LogP contribution is 2.37. The molecule has 64 valence electrons. The maximum atomic E-state index is 8.77. The summed E-state index contributed by atoms with van der Waals surface area (Å²) in [6.07, 6.45) is 0.170. The maximum absolute atomic E-state index is 8.77. The first-order valence-corrected chi connectivity index (χ1v) is 4.14. The summed E-state index contributed by atoms with van der Waals surface area (Å²) in [4.78, 5) is 0. The van der Waals surface area contributed by atoms with Crippen LogP contribution in [0.15, 0.2) is 24.3 Å². The molecule has 1 aliphatic heterocycles. The summed E-state index contributed by atoms with van der Waals surface area (Å²) in [6, 6.07) is 8.22. The van der Waals surface area contributed by atoms with Crippen LogP contribution in [0.5, 0.6) is 0 Å². The second kappa shape index (κ2) is 2.88. The zero-order valence-corrected chi connectivity index (χ0v) is 7.03. The predicted octanol–water partition coefficient (Wildman–Crippen LogP) is 1.43. The topological polar surface area (TPSA) is 32.8 Å². The quantitative estimate of drug-likeness (QED) is 0.671. The van der Waals surface area contributed by atoms with Crippen LogP contribution >= 0.6 is 0 Å². The van der Waals surface area contributed by atoms with Gasteiger partial charge in [0.05, 0.1) is 6.61 Å². The number of aliphatic hydroxyl groups excluding tert-OH is 1. The largest absolute Gasteiger partial charge is 0.394 e. The second-order valence-electron chi connectivity index (χ2n) is 3.19. The number of ether oxygens (including phenoxy) is 1. The van der Waals surface area contributed by atoms with Crippen molar-refractivity contribution in [1.29, 1.82) is 0 Å². The first kappa shape index (κ1) is 7.77. The van der Waals surface area contributed by atoms with E-state index in [-0.39, 0.29) is 18.8 Å². The van der Waals surface area contributed by atoms with Crippen molar-refractivity contribution >= 4 is 0 Å². The number of benzene rings is 1. The molecule has 0 spiro atoms. The third-order valence-corrected chi connectivity index (χ3v) is 2.17. The fourth-order valence-corrected chi connectivity index (χ4v) is 1.33. The van der Waals surface area contributed by atoms with E-state index in [1.54, 1.807) is 0 Å². The zero-order chi connectivity index (χ0) is 8.55. The molecule has 2 nitrogen and oxygen atoms in total. The van der Waals surface area contributed by atoms with Crippen LogP contribution < -0.4 is 0 Å². The van der Waals surface area contributed by atoms with Gasteiger partial charge in [-0.3, -0.25) is 0 Å². The zero-order valence-electron chi connectivity index (χ0n) is 7.03. The Kier molecular flexibility index (Phi) is 1.87. The molecule has 12 heavy (non-hydrogen) atoms. The summed E-state index contributed by atoms with van der Waals surface area (Å²) in [5.74, 6) is 0. The van der Waals surface area contributed by atoms with Crippen molar-refractivity contribution in [3.05, 3.63) is 35.4 Å². The lowest BCUT2D eigenvalue weighted by molar-refractivity contribution is 0.242. The van der Waals surface area contributed by atoms with Crippen molar-refractivity contribution in [3.8, 4) is 0 Å². The van der Waals surface area contributed by atoms with Gasteiger partial charge >= 0.3 is 0 Å². The van der Waals surface area contributed by atoms with Crippen molar-refractivity contribution in [2.45, 2.75) is 19.1 Å². The molecule has 1 fully saturated rings. The van der Waals surface area contributed by atoms with Gasteiger partial charge in [0, 0.05) is 0 Å². The molecule has 0 amide bonds. The van der Waals surface area contributed by atoms with Crippen LogP contribution in [0.2, 0.25) is 0 Å². The first-order chi connectivity index (χ1) is 5.81. The molecular formula is C10H12O2. The summed E-state index contributed by atoms with van der Waals surface area (Å²) in [7, 11) is 0. The number of hydrogen-bond donors (Lipinski definition) is 1. The fourth-order valence-electron chi connectivity index (χ4n) is 1.33. The van der Waals surface area contributed by atoms with Crippen LogP contribution in [0, 0.1) is 6.92 Å². The first-order valence-electron chi connectivity index (χ1n) is 4.14. The van der Waals surface area contributed by atoms with Gasteiger partial charge in [-0.2, -0.15) is 0 Å². The van der Waals surface area contributed by atoms with Crippen molar-refractivity contribution in [2.75, 3.05) is 6.61 Å². The predicted molar refractivity (Wildman–Crippen MR) is 45.9 cm³/mol. The number of aryl methyl sites for hydroxylation is 1. The summed E-state index contributed by atoms with van der Waals surface area (Å²) in [5.41, 5.74) is 2.42. The molecule has 1 heterocycles. The van der Waals surface area contributed by atoms with Gasteiger partial charge in [0.2, 0.25) is 0 Å². The Morgan fingerprint density at radius 3 is 2.50 bits per heavy atom. The molecule has 0 aliphatic carbocycles. The van der Waals surface area contributed by atoms with E-state index < -0.39 is 0 Å². The number of rotatable bonds is 2. The molecule has 2 heteroatoms. The van der Waals surface area contributed by atoms with Gasteiger partial charge in [0.15, 0.2) is 0 Å². The van der Waals surface area contributed by atoms with Gasteiger partial charge < -0.3 is 9.84 Å². The summed E-state index contributed by atoms with van der Waals surface area (Å²) in [6.45, 7) is 2.18. The molecule has 1 aliphatic rings. The molecule has 2 rings (SSSR count). The number of epoxide rings is 1. The van der Waals surface area contributed by atoms with Crippen LogP contribution in [-0.2, 0) is 4.74 Å². The van der Waals surface area contributed by atoms with Crippen molar-refractivity contribution in [2.24, 2.45) is 0 Å². The van der Waals surface area contributed by atoms with E-state index in [0.717, 1.165) is 0 Å². The van der Waals surface area contributed by atoms with Gasteiger partial charge in [-0.05, 0) is 12.5 Å². The molecule has 0 aromatic heterocycles. The van der Waals surface area contributed by atoms with Crippen LogP contribution in [0.1, 0.15) is 17.2 Å². The van der Waals surface area contributed by atoms with Crippen LogP contribution in [0.3, 0.4) is 0 Å². The van der Waals surface area contributed by atoms with Gasteiger partial charge in [0.25, 0.3) is 0 Å². The van der Waals surface area contributed by atoms with E-state index in [1.807, 2.05) is 0 Å². The van der Waals surface area contributed by atoms with Crippen molar-refractivity contribution < 1.29 is 9.84 Å². The van der Waals surface area contributed by atoms with Gasteiger partial charge in [0.1, 0.15) is 12.2 Å². The van der Waals surface area contributed by atoms with E-state index in [4.69, 9.17) is 9.84 Å². The highest BCUT2D eigenvalue weighted by atomic mass is 16.6. The van der Waals surface area contributed by atoms with Gasteiger partial charge in [-0.25, -0.2) is 0 Å². The second-order valence-corrected chi connectivity index (χ2v) is 3.19. The van der Waals surface area contributed by atoms with Crippen molar-refractivity contribution in [3.63, 3.8) is 0 Å². The highest BCUT2D eigenvalue weighted by molar-refractivity contribution is 5.26. The monoisotopic (exact) mass is 164 g/mol. The molecule has 1 saturated heterocycles. The average Bonchev–Trinajstić information content (AvgIpc) is 2.85. The highest BCUT2D eigenvalue weighted by Gasteiger charge is 2.39. The van der Waals surface area contributed by atoms with E-state index in [9.17, 15) is 0 Å².